The molecule has 0 radical (unpaired) electrons. The lowest BCUT2D eigenvalue weighted by Gasteiger charge is -2.45. The Labute approximate surface area is 276 Å². The van der Waals surface area contributed by atoms with Gasteiger partial charge in [-0.15, -0.1) is 0 Å². The van der Waals surface area contributed by atoms with E-state index < -0.39 is 16.6 Å². The summed E-state index contributed by atoms with van der Waals surface area (Å²) in [6.07, 6.45) is 18.8. The molecule has 3 aliphatic carbocycles. The molecule has 0 aromatic carbocycles. The molecule has 0 unspecified atom stereocenters. The van der Waals surface area contributed by atoms with Gasteiger partial charge in [-0.2, -0.15) is 0 Å². The molecule has 0 aliphatic heterocycles. The maximum Gasteiger partial charge on any atom is 0.192 e. The Morgan fingerprint density at radius 1 is 0.864 bits per heavy atom. The van der Waals surface area contributed by atoms with Gasteiger partial charge < -0.3 is 8.85 Å². The SMILES string of the molecule is C=C1C(=CC=C2CCC[C@]3(C)[C@@H]([C@H](C)C=C[C@H](C)C(C)C)CC[C@@H]23)C[C@H](O[Si](C)(C)C(C)(C)C)C[C@@H]1O[Si](C)(C)C(C)(C)C. The van der Waals surface area contributed by atoms with Gasteiger partial charge in [0.15, 0.2) is 16.6 Å². The minimum atomic E-state index is -1.96. The molecular weight excluding hydrogens is 569 g/mol. The molecule has 0 aromatic rings. The highest BCUT2D eigenvalue weighted by molar-refractivity contribution is 6.74. The van der Waals surface area contributed by atoms with Crippen molar-refractivity contribution in [3.8, 4) is 0 Å². The summed E-state index contributed by atoms with van der Waals surface area (Å²) in [5, 5.41) is 0.352. The van der Waals surface area contributed by atoms with Gasteiger partial charge in [0, 0.05) is 6.42 Å². The van der Waals surface area contributed by atoms with Crippen LogP contribution in [0.5, 0.6) is 0 Å². The lowest BCUT2D eigenvalue weighted by molar-refractivity contribution is 0.0969. The highest BCUT2D eigenvalue weighted by Gasteiger charge is 2.50. The van der Waals surface area contributed by atoms with Crippen molar-refractivity contribution >= 4 is 16.6 Å². The molecule has 0 heterocycles. The Morgan fingerprint density at radius 2 is 1.45 bits per heavy atom. The molecular formula is C40H72O2Si2. The number of hydrogen-bond acceptors (Lipinski definition) is 2. The van der Waals surface area contributed by atoms with Crippen LogP contribution in [0.15, 0.2) is 47.6 Å². The van der Waals surface area contributed by atoms with Gasteiger partial charge in [-0.1, -0.05) is 113 Å². The summed E-state index contributed by atoms with van der Waals surface area (Å²) in [4.78, 5) is 0. The number of rotatable bonds is 9. The van der Waals surface area contributed by atoms with Crippen molar-refractivity contribution in [2.45, 2.75) is 170 Å². The van der Waals surface area contributed by atoms with Crippen LogP contribution in [0.4, 0.5) is 0 Å². The summed E-state index contributed by atoms with van der Waals surface area (Å²) in [6, 6.07) is 0. The predicted octanol–water partition coefficient (Wildman–Crippen LogP) is 12.7. The molecule has 3 aliphatic rings. The molecule has 7 atom stereocenters. The van der Waals surface area contributed by atoms with Gasteiger partial charge in [0.25, 0.3) is 0 Å². The lowest BCUT2D eigenvalue weighted by Crippen LogP contribution is -2.49. The molecule has 3 fully saturated rings. The van der Waals surface area contributed by atoms with Crippen molar-refractivity contribution in [2.75, 3.05) is 0 Å². The second kappa shape index (κ2) is 13.8. The van der Waals surface area contributed by atoms with E-state index in [1.165, 1.54) is 43.3 Å². The second-order valence-electron chi connectivity index (χ2n) is 18.7. The summed E-state index contributed by atoms with van der Waals surface area (Å²) in [5.41, 5.74) is 4.64. The van der Waals surface area contributed by atoms with Gasteiger partial charge in [-0.05, 0) is 121 Å². The Morgan fingerprint density at radius 3 is 2.02 bits per heavy atom. The van der Waals surface area contributed by atoms with Gasteiger partial charge in [0.05, 0.1) is 12.2 Å². The molecule has 0 saturated heterocycles. The summed E-state index contributed by atoms with van der Waals surface area (Å²) >= 11 is 0. The van der Waals surface area contributed by atoms with Crippen molar-refractivity contribution in [1.82, 2.24) is 0 Å². The number of fused-ring (bicyclic) bond motifs is 1. The molecule has 3 saturated carbocycles. The average Bonchev–Trinajstić information content (AvgIpc) is 3.23. The quantitative estimate of drug-likeness (QED) is 0.184. The van der Waals surface area contributed by atoms with Crippen molar-refractivity contribution in [3.63, 3.8) is 0 Å². The molecule has 0 aromatic heterocycles. The van der Waals surface area contributed by atoms with Gasteiger partial charge in [-0.25, -0.2) is 0 Å². The molecule has 252 valence electrons. The zero-order valence-corrected chi connectivity index (χ0v) is 33.8. The first-order chi connectivity index (χ1) is 20.0. The van der Waals surface area contributed by atoms with E-state index in [1.807, 2.05) is 0 Å². The average molecular weight is 641 g/mol. The van der Waals surface area contributed by atoms with Crippen LogP contribution in [0, 0.1) is 35.0 Å². The van der Waals surface area contributed by atoms with Crippen LogP contribution in [-0.2, 0) is 8.85 Å². The van der Waals surface area contributed by atoms with Crippen LogP contribution in [0.3, 0.4) is 0 Å². The molecule has 0 bridgehead atoms. The van der Waals surface area contributed by atoms with Crippen molar-refractivity contribution < 1.29 is 8.85 Å². The standard InChI is InChI=1S/C40H72O2Si2/c1-28(2)29(3)19-20-30(4)35-23-24-36-32(18-17-25-40(35,36)12)21-22-33-26-34(41-43(13,14)38(6,7)8)27-37(31(33)5)42-44(15,16)39(9,10)11/h19-22,28-30,34-37H,5,17-18,23-27H2,1-4,6-16H3/t29-,30+,34-,35+,36-,37-,40+/m0/s1. The molecule has 4 heteroatoms. The highest BCUT2D eigenvalue weighted by Crippen LogP contribution is 2.59. The zero-order valence-electron chi connectivity index (χ0n) is 31.8. The van der Waals surface area contributed by atoms with E-state index in [0.717, 1.165) is 18.8 Å². The summed E-state index contributed by atoms with van der Waals surface area (Å²) in [5.74, 6) is 3.47. The van der Waals surface area contributed by atoms with Crippen LogP contribution < -0.4 is 0 Å². The van der Waals surface area contributed by atoms with Crippen LogP contribution in [0.25, 0.3) is 0 Å². The predicted molar refractivity (Wildman–Crippen MR) is 199 cm³/mol. The van der Waals surface area contributed by atoms with Crippen molar-refractivity contribution in [2.24, 2.45) is 35.0 Å². The van der Waals surface area contributed by atoms with E-state index in [1.54, 1.807) is 5.57 Å². The third-order valence-electron chi connectivity index (χ3n) is 13.2. The van der Waals surface area contributed by atoms with Gasteiger partial charge in [0.2, 0.25) is 0 Å². The Hall–Kier alpha value is -0.686. The van der Waals surface area contributed by atoms with E-state index in [0.29, 0.717) is 29.1 Å². The maximum atomic E-state index is 7.09. The fourth-order valence-corrected chi connectivity index (χ4v) is 10.3. The van der Waals surface area contributed by atoms with Crippen LogP contribution in [0.2, 0.25) is 36.3 Å². The first-order valence-electron chi connectivity index (χ1n) is 18.1. The summed E-state index contributed by atoms with van der Waals surface area (Å²) in [6.45, 7) is 40.5. The van der Waals surface area contributed by atoms with Crippen LogP contribution in [0.1, 0.15) is 121 Å². The minimum Gasteiger partial charge on any atom is -0.413 e. The third kappa shape index (κ3) is 8.42. The minimum absolute atomic E-state index is 0.0393. The first-order valence-corrected chi connectivity index (χ1v) is 23.9. The molecule has 3 rings (SSSR count). The van der Waals surface area contributed by atoms with Gasteiger partial charge in [0.1, 0.15) is 0 Å². The monoisotopic (exact) mass is 641 g/mol. The van der Waals surface area contributed by atoms with Gasteiger partial charge in [-0.3, -0.25) is 0 Å². The lowest BCUT2D eigenvalue weighted by atomic mass is 9.61. The number of hydrogen-bond donors (Lipinski definition) is 0. The summed E-state index contributed by atoms with van der Waals surface area (Å²) < 4.78 is 14.2. The summed E-state index contributed by atoms with van der Waals surface area (Å²) in [7, 11) is -3.88. The first kappa shape index (κ1) is 37.8. The fourth-order valence-electron chi connectivity index (χ4n) is 7.62. The van der Waals surface area contributed by atoms with Crippen LogP contribution in [-0.4, -0.2) is 28.8 Å². The Bertz CT molecular complexity index is 1100. The maximum absolute atomic E-state index is 7.09. The molecule has 0 N–H and O–H groups in total. The third-order valence-corrected chi connectivity index (χ3v) is 22.2. The van der Waals surface area contributed by atoms with E-state index in [4.69, 9.17) is 15.4 Å². The Balaban J connectivity index is 1.90. The zero-order chi connectivity index (χ0) is 33.5. The molecule has 0 spiro atoms. The smallest absolute Gasteiger partial charge is 0.192 e. The van der Waals surface area contributed by atoms with E-state index in [-0.39, 0.29) is 22.3 Å². The van der Waals surface area contributed by atoms with E-state index in [9.17, 15) is 0 Å². The van der Waals surface area contributed by atoms with Crippen molar-refractivity contribution in [1.29, 1.82) is 0 Å². The molecule has 2 nitrogen and oxygen atoms in total. The highest BCUT2D eigenvalue weighted by atomic mass is 28.4. The van der Waals surface area contributed by atoms with E-state index >= 15 is 0 Å². The van der Waals surface area contributed by atoms with E-state index in [2.05, 4.69) is 127 Å². The molecule has 44 heavy (non-hydrogen) atoms. The Kier molecular flexibility index (Phi) is 11.9. The fraction of sp³-hybridized carbons (Fsp3) is 0.800. The van der Waals surface area contributed by atoms with Crippen LogP contribution >= 0.6 is 0 Å². The molecule has 0 amide bonds. The largest absolute Gasteiger partial charge is 0.413 e. The van der Waals surface area contributed by atoms with Gasteiger partial charge >= 0.3 is 0 Å². The number of allylic oxidation sites excluding steroid dienone is 5. The normalized spacial score (nSPS) is 32.6. The topological polar surface area (TPSA) is 18.5 Å². The second-order valence-corrected chi connectivity index (χ2v) is 28.2. The van der Waals surface area contributed by atoms with Crippen molar-refractivity contribution in [3.05, 3.63) is 47.6 Å².